The van der Waals surface area contributed by atoms with E-state index in [-0.39, 0.29) is 23.8 Å². The van der Waals surface area contributed by atoms with Crippen LogP contribution < -0.4 is 10.5 Å². The number of carbonyl (C=O) groups excluding carboxylic acids is 1. The summed E-state index contributed by atoms with van der Waals surface area (Å²) >= 11 is 0. The van der Waals surface area contributed by atoms with Crippen molar-refractivity contribution in [3.63, 3.8) is 0 Å². The molecule has 2 aliphatic rings. The molecule has 1 aliphatic heterocycles. The highest BCUT2D eigenvalue weighted by atomic mass is 19.4. The van der Waals surface area contributed by atoms with Gasteiger partial charge in [0.25, 0.3) is 0 Å². The van der Waals surface area contributed by atoms with Gasteiger partial charge in [-0.2, -0.15) is 18.4 Å². The lowest BCUT2D eigenvalue weighted by Crippen LogP contribution is -2.27. The molecule has 3 rings (SSSR count). The lowest BCUT2D eigenvalue weighted by atomic mass is 9.77. The Kier molecular flexibility index (Phi) is 5.84. The van der Waals surface area contributed by atoms with Crippen molar-refractivity contribution in [2.24, 2.45) is 5.73 Å². The number of methoxy groups -OCH3 is 1. The largest absolute Gasteiger partial charge is 0.496 e. The standard InChI is InChI=1S/C20H19F3N2O4/c1-27-15-6-5-11(7-12(15)9-28-10-20(21,22)23)17-13(8-24)19(25)29-16-4-2-3-14(26)18(16)17/h5-7,17H,2-4,9-10,25H2,1H3/t17-/m1/s1. The van der Waals surface area contributed by atoms with Crippen LogP contribution in [0.2, 0.25) is 0 Å². The van der Waals surface area contributed by atoms with E-state index in [1.807, 2.05) is 6.07 Å². The van der Waals surface area contributed by atoms with E-state index in [1.165, 1.54) is 7.11 Å². The predicted molar refractivity (Wildman–Crippen MR) is 95.2 cm³/mol. The highest BCUT2D eigenvalue weighted by molar-refractivity contribution is 5.99. The van der Waals surface area contributed by atoms with Crippen molar-refractivity contribution in [2.75, 3.05) is 13.7 Å². The van der Waals surface area contributed by atoms with Crippen molar-refractivity contribution in [1.29, 1.82) is 5.26 Å². The fourth-order valence-electron chi connectivity index (χ4n) is 3.56. The van der Waals surface area contributed by atoms with Gasteiger partial charge in [0, 0.05) is 24.0 Å². The van der Waals surface area contributed by atoms with Gasteiger partial charge in [-0.25, -0.2) is 0 Å². The van der Waals surface area contributed by atoms with Crippen LogP contribution >= 0.6 is 0 Å². The first-order valence-corrected chi connectivity index (χ1v) is 8.90. The van der Waals surface area contributed by atoms with Gasteiger partial charge in [0.1, 0.15) is 29.8 Å². The quantitative estimate of drug-likeness (QED) is 0.800. The van der Waals surface area contributed by atoms with Crippen LogP contribution in [0.1, 0.15) is 36.3 Å². The number of ketones is 1. The number of nitriles is 1. The van der Waals surface area contributed by atoms with Gasteiger partial charge >= 0.3 is 6.18 Å². The van der Waals surface area contributed by atoms with Gasteiger partial charge < -0.3 is 19.9 Å². The second kappa shape index (κ2) is 8.17. The first-order chi connectivity index (χ1) is 13.7. The Morgan fingerprint density at radius 3 is 2.76 bits per heavy atom. The van der Waals surface area contributed by atoms with Gasteiger partial charge in [0.05, 0.1) is 19.6 Å². The number of hydrogen-bond acceptors (Lipinski definition) is 6. The van der Waals surface area contributed by atoms with E-state index in [9.17, 15) is 23.2 Å². The number of nitrogens with zero attached hydrogens (tertiary/aromatic N) is 1. The zero-order valence-electron chi connectivity index (χ0n) is 15.6. The molecule has 0 saturated carbocycles. The molecule has 29 heavy (non-hydrogen) atoms. The smallest absolute Gasteiger partial charge is 0.411 e. The van der Waals surface area contributed by atoms with Gasteiger partial charge in [-0.05, 0) is 24.1 Å². The Labute approximate surface area is 165 Å². The minimum Gasteiger partial charge on any atom is -0.496 e. The summed E-state index contributed by atoms with van der Waals surface area (Å²) in [4.78, 5) is 12.6. The first-order valence-electron chi connectivity index (χ1n) is 8.90. The van der Waals surface area contributed by atoms with Gasteiger partial charge in [-0.1, -0.05) is 6.07 Å². The van der Waals surface area contributed by atoms with Crippen molar-refractivity contribution in [3.05, 3.63) is 52.1 Å². The molecule has 154 valence electrons. The molecule has 1 aliphatic carbocycles. The van der Waals surface area contributed by atoms with E-state index in [0.717, 1.165) is 0 Å². The lowest BCUT2D eigenvalue weighted by molar-refractivity contribution is -0.176. The van der Waals surface area contributed by atoms with E-state index in [2.05, 4.69) is 0 Å². The monoisotopic (exact) mass is 408 g/mol. The Bertz CT molecular complexity index is 929. The third kappa shape index (κ3) is 4.38. The number of carbonyl (C=O) groups is 1. The number of hydrogen-bond donors (Lipinski definition) is 1. The normalized spacial score (nSPS) is 19.6. The summed E-state index contributed by atoms with van der Waals surface area (Å²) in [6.07, 6.45) is -2.98. The van der Waals surface area contributed by atoms with Crippen molar-refractivity contribution in [2.45, 2.75) is 38.0 Å². The van der Waals surface area contributed by atoms with Crippen LogP contribution in [-0.4, -0.2) is 25.7 Å². The third-order valence-corrected chi connectivity index (χ3v) is 4.77. The fraction of sp³-hybridized carbons (Fsp3) is 0.400. The summed E-state index contributed by atoms with van der Waals surface area (Å²) in [5.74, 6) is -0.182. The maximum Gasteiger partial charge on any atom is 0.411 e. The number of allylic oxidation sites excluding steroid dienone is 3. The second-order valence-corrected chi connectivity index (χ2v) is 6.72. The highest BCUT2D eigenvalue weighted by Crippen LogP contribution is 2.44. The van der Waals surface area contributed by atoms with Crippen LogP contribution in [0.25, 0.3) is 0 Å². The van der Waals surface area contributed by atoms with E-state index in [4.69, 9.17) is 19.9 Å². The van der Waals surface area contributed by atoms with Crippen LogP contribution in [-0.2, 0) is 20.9 Å². The van der Waals surface area contributed by atoms with Crippen LogP contribution in [0.3, 0.4) is 0 Å². The number of nitrogens with two attached hydrogens (primary N) is 1. The van der Waals surface area contributed by atoms with Crippen LogP contribution in [0, 0.1) is 11.3 Å². The summed E-state index contributed by atoms with van der Waals surface area (Å²) < 4.78 is 52.7. The van der Waals surface area contributed by atoms with E-state index >= 15 is 0 Å². The summed E-state index contributed by atoms with van der Waals surface area (Å²) in [5.41, 5.74) is 7.26. The molecule has 0 amide bonds. The maximum atomic E-state index is 12.6. The number of halogens is 3. The van der Waals surface area contributed by atoms with Crippen molar-refractivity contribution in [3.8, 4) is 11.8 Å². The summed E-state index contributed by atoms with van der Waals surface area (Å²) in [6, 6.07) is 6.79. The number of ether oxygens (including phenoxy) is 3. The van der Waals surface area contributed by atoms with E-state index in [0.29, 0.717) is 47.5 Å². The van der Waals surface area contributed by atoms with E-state index < -0.39 is 18.7 Å². The Balaban J connectivity index is 2.01. The zero-order valence-corrected chi connectivity index (χ0v) is 15.6. The molecule has 0 aromatic heterocycles. The number of alkyl halides is 3. The predicted octanol–water partition coefficient (Wildman–Crippen LogP) is 3.59. The Hall–Kier alpha value is -2.99. The second-order valence-electron chi connectivity index (χ2n) is 6.72. The number of Topliss-reactive ketones (excluding diaryl/α,β-unsaturated/α-hetero) is 1. The Morgan fingerprint density at radius 1 is 1.34 bits per heavy atom. The van der Waals surface area contributed by atoms with Gasteiger partial charge in [-0.3, -0.25) is 4.79 Å². The molecule has 1 aromatic rings. The van der Waals surface area contributed by atoms with Crippen molar-refractivity contribution >= 4 is 5.78 Å². The van der Waals surface area contributed by atoms with Crippen LogP contribution in [0.5, 0.6) is 5.75 Å². The van der Waals surface area contributed by atoms with Crippen LogP contribution in [0.4, 0.5) is 13.2 Å². The lowest BCUT2D eigenvalue weighted by Gasteiger charge is -2.31. The molecular formula is C20H19F3N2O4. The molecule has 1 aromatic carbocycles. The van der Waals surface area contributed by atoms with Crippen LogP contribution in [0.15, 0.2) is 41.0 Å². The topological polar surface area (TPSA) is 94.6 Å². The third-order valence-electron chi connectivity index (χ3n) is 4.77. The summed E-state index contributed by atoms with van der Waals surface area (Å²) in [6.45, 7) is -1.75. The maximum absolute atomic E-state index is 12.6. The first kappa shape index (κ1) is 20.7. The Morgan fingerprint density at radius 2 is 2.10 bits per heavy atom. The minimum atomic E-state index is -4.45. The van der Waals surface area contributed by atoms with Gasteiger partial charge in [-0.15, -0.1) is 0 Å². The molecule has 2 N–H and O–H groups in total. The van der Waals surface area contributed by atoms with E-state index in [1.54, 1.807) is 18.2 Å². The molecule has 0 saturated heterocycles. The molecule has 0 fully saturated rings. The molecule has 9 heteroatoms. The number of rotatable bonds is 5. The summed E-state index contributed by atoms with van der Waals surface area (Å²) in [7, 11) is 1.39. The highest BCUT2D eigenvalue weighted by Gasteiger charge is 2.38. The van der Waals surface area contributed by atoms with Gasteiger partial charge in [0.15, 0.2) is 5.78 Å². The summed E-state index contributed by atoms with van der Waals surface area (Å²) in [5, 5.41) is 9.59. The molecule has 1 atom stereocenters. The average Bonchev–Trinajstić information content (AvgIpc) is 2.66. The zero-order chi connectivity index (χ0) is 21.2. The minimum absolute atomic E-state index is 0.0726. The molecule has 1 heterocycles. The molecule has 6 nitrogen and oxygen atoms in total. The van der Waals surface area contributed by atoms with Gasteiger partial charge in [0.2, 0.25) is 5.88 Å². The molecule has 0 unspecified atom stereocenters. The average molecular weight is 408 g/mol. The fourth-order valence-corrected chi connectivity index (χ4v) is 3.56. The molecular weight excluding hydrogens is 389 g/mol. The number of benzene rings is 1. The molecule has 0 spiro atoms. The SMILES string of the molecule is COc1ccc([C@@H]2C(C#N)=C(N)OC3=C2C(=O)CCC3)cc1COCC(F)(F)F. The van der Waals surface area contributed by atoms with Crippen molar-refractivity contribution < 1.29 is 32.2 Å². The van der Waals surface area contributed by atoms with Crippen molar-refractivity contribution in [1.82, 2.24) is 0 Å². The molecule has 0 bridgehead atoms. The molecule has 0 radical (unpaired) electrons.